The first-order valence-electron chi connectivity index (χ1n) is 10.4. The molecule has 0 aliphatic carbocycles. The van der Waals surface area contributed by atoms with Crippen LogP contribution in [0.3, 0.4) is 0 Å². The lowest BCUT2D eigenvalue weighted by atomic mass is 10.0. The van der Waals surface area contributed by atoms with Crippen LogP contribution in [-0.4, -0.2) is 36.1 Å². The summed E-state index contributed by atoms with van der Waals surface area (Å²) >= 11 is 0. The van der Waals surface area contributed by atoms with E-state index in [1.807, 2.05) is 18.2 Å². The number of H-pyrrole nitrogens is 1. The van der Waals surface area contributed by atoms with E-state index in [2.05, 4.69) is 58.3 Å². The molecule has 1 aliphatic rings. The molecule has 1 N–H and O–H groups in total. The van der Waals surface area contributed by atoms with E-state index in [4.69, 9.17) is 5.83 Å². The molecule has 0 spiro atoms. The molecule has 4 aromatic rings. The molecule has 1 saturated heterocycles. The molecule has 1 aromatic heterocycles. The second kappa shape index (κ2) is 7.60. The number of rotatable bonds is 4. The van der Waals surface area contributed by atoms with Crippen molar-refractivity contribution >= 4 is 16.8 Å². The molecule has 5 nitrogen and oxygen atoms in total. The summed E-state index contributed by atoms with van der Waals surface area (Å²) in [5, 5.41) is 0. The van der Waals surface area contributed by atoms with Gasteiger partial charge in [0.25, 0.3) is 0 Å². The standard InChI is InChI=1S/C24H23N3O2/c28-24-25-21-10-5-11-22(23(21)29-24)27-14-12-26(13-15-27)17-18-6-4-9-20(16-18)19-7-2-1-3-8-19/h1-11,16H,12-15,17H2,(H,25,28)/i/hD. The summed E-state index contributed by atoms with van der Waals surface area (Å²) in [5.74, 6) is -0.644. The number of para-hydroxylation sites is 1. The van der Waals surface area contributed by atoms with Crippen LogP contribution in [0.4, 0.5) is 5.69 Å². The minimum atomic E-state index is -0.644. The van der Waals surface area contributed by atoms with E-state index >= 15 is 0 Å². The zero-order valence-electron chi connectivity index (χ0n) is 17.1. The van der Waals surface area contributed by atoms with Gasteiger partial charge in [0.2, 0.25) is 0 Å². The molecular formula is C24H23N3O2. The molecule has 0 saturated carbocycles. The van der Waals surface area contributed by atoms with Crippen molar-refractivity contribution in [2.45, 2.75) is 6.54 Å². The number of aromatic nitrogens is 1. The third-order valence-electron chi connectivity index (χ3n) is 5.53. The number of piperazine rings is 1. The maximum absolute atomic E-state index is 11.7. The van der Waals surface area contributed by atoms with Gasteiger partial charge in [0.05, 0.1) is 11.2 Å². The second-order valence-electron chi connectivity index (χ2n) is 7.43. The van der Waals surface area contributed by atoms with Crippen LogP contribution in [-0.2, 0) is 6.54 Å². The molecule has 3 aromatic carbocycles. The number of benzene rings is 3. The predicted octanol–water partition coefficient (Wildman–Crippen LogP) is 4.11. The molecule has 2 heterocycles. The Kier molecular flexibility index (Phi) is 4.36. The first-order valence-corrected chi connectivity index (χ1v) is 9.94. The van der Waals surface area contributed by atoms with Crippen LogP contribution < -0.4 is 10.7 Å². The summed E-state index contributed by atoms with van der Waals surface area (Å²) in [6.45, 7) is 4.47. The van der Waals surface area contributed by atoms with Crippen LogP contribution in [0.15, 0.2) is 82.0 Å². The molecule has 29 heavy (non-hydrogen) atoms. The number of oxazole rings is 1. The van der Waals surface area contributed by atoms with Crippen LogP contribution in [0.1, 0.15) is 5.56 Å². The molecule has 1 aliphatic heterocycles. The van der Waals surface area contributed by atoms with Crippen LogP contribution in [0, 0.1) is 0 Å². The number of hydrogen-bond acceptors (Lipinski definition) is 4. The molecule has 146 valence electrons. The van der Waals surface area contributed by atoms with Crippen molar-refractivity contribution < 1.29 is 5.83 Å². The molecule has 0 atom stereocenters. The minimum Gasteiger partial charge on any atom is -0.406 e. The van der Waals surface area contributed by atoms with Crippen molar-refractivity contribution in [3.63, 3.8) is 0 Å². The van der Waals surface area contributed by atoms with Crippen LogP contribution >= 0.6 is 0 Å². The van der Waals surface area contributed by atoms with Crippen molar-refractivity contribution in [2.75, 3.05) is 31.1 Å². The highest BCUT2D eigenvalue weighted by Crippen LogP contribution is 2.26. The van der Waals surface area contributed by atoms with Crippen molar-refractivity contribution in [3.05, 3.63) is 88.9 Å². The highest BCUT2D eigenvalue weighted by Gasteiger charge is 2.20. The third-order valence-corrected chi connectivity index (χ3v) is 5.53. The van der Waals surface area contributed by atoms with Crippen LogP contribution in [0.2, 0.25) is 1.41 Å². The number of nitrogens with one attached hydrogen (secondary N) is 1. The van der Waals surface area contributed by atoms with Crippen molar-refractivity contribution in [2.24, 2.45) is 0 Å². The average molecular weight is 386 g/mol. The van der Waals surface area contributed by atoms with Crippen molar-refractivity contribution in [1.29, 1.82) is 0 Å². The summed E-state index contributed by atoms with van der Waals surface area (Å²) < 4.78 is 13.1. The molecule has 0 radical (unpaired) electrons. The molecule has 5 rings (SSSR count). The summed E-state index contributed by atoms with van der Waals surface area (Å²) in [6.07, 6.45) is 0. The van der Waals surface area contributed by atoms with Gasteiger partial charge in [-0.15, -0.1) is 0 Å². The van der Waals surface area contributed by atoms with E-state index < -0.39 is 5.76 Å². The van der Waals surface area contributed by atoms with Gasteiger partial charge in [-0.05, 0) is 34.9 Å². The molecule has 0 amide bonds. The summed E-state index contributed by atoms with van der Waals surface area (Å²) in [6, 6.07) is 24.8. The van der Waals surface area contributed by atoms with Crippen molar-refractivity contribution in [3.8, 4) is 11.1 Å². The van der Waals surface area contributed by atoms with Gasteiger partial charge >= 0.3 is 5.76 Å². The van der Waals surface area contributed by atoms with E-state index in [-0.39, 0.29) is 0 Å². The number of fused-ring (bicyclic) bond motifs is 1. The van der Waals surface area contributed by atoms with Gasteiger partial charge in [-0.1, -0.05) is 54.6 Å². The van der Waals surface area contributed by atoms with E-state index in [1.165, 1.54) is 16.7 Å². The lowest BCUT2D eigenvalue weighted by Gasteiger charge is -2.36. The topological polar surface area (TPSA) is 52.5 Å². The largest absolute Gasteiger partial charge is 0.417 e. The fraction of sp³-hybridized carbons (Fsp3) is 0.208. The Labute approximate surface area is 170 Å². The first kappa shape index (κ1) is 16.6. The maximum atomic E-state index is 11.7. The van der Waals surface area contributed by atoms with E-state index in [9.17, 15) is 4.79 Å². The van der Waals surface area contributed by atoms with Gasteiger partial charge in [-0.3, -0.25) is 9.88 Å². The lowest BCUT2D eigenvalue weighted by molar-refractivity contribution is 0.250. The summed E-state index contributed by atoms with van der Waals surface area (Å²) in [7, 11) is 0. The normalized spacial score (nSPS) is 15.6. The Morgan fingerprint density at radius 3 is 2.48 bits per heavy atom. The number of anilines is 1. The summed E-state index contributed by atoms with van der Waals surface area (Å²) in [4.78, 5) is 17.2. The van der Waals surface area contributed by atoms with E-state index in [0.29, 0.717) is 11.1 Å². The first-order chi connectivity index (χ1) is 14.7. The molecule has 5 heteroatoms. The van der Waals surface area contributed by atoms with Crippen LogP contribution in [0.5, 0.6) is 0 Å². The minimum absolute atomic E-state index is 0.501. The quantitative estimate of drug-likeness (QED) is 0.573. The lowest BCUT2D eigenvalue weighted by Crippen LogP contribution is -2.46. The zero-order chi connectivity index (χ0) is 20.5. The van der Waals surface area contributed by atoms with Crippen molar-refractivity contribution in [1.82, 2.24) is 9.88 Å². The molecule has 1 fully saturated rings. The maximum Gasteiger partial charge on any atom is 0.417 e. The Balaban J connectivity index is 1.28. The van der Waals surface area contributed by atoms with Gasteiger partial charge in [-0.2, -0.15) is 0 Å². The third kappa shape index (κ3) is 3.69. The number of aromatic amines is 1. The Bertz CT molecular complexity index is 1220. The van der Waals surface area contributed by atoms with Gasteiger partial charge < -0.3 is 9.32 Å². The Morgan fingerprint density at radius 1 is 0.897 bits per heavy atom. The predicted molar refractivity (Wildman–Crippen MR) is 116 cm³/mol. The molecule has 0 bridgehead atoms. The highest BCUT2D eigenvalue weighted by atomic mass is 16.4. The van der Waals surface area contributed by atoms with Crippen LogP contribution in [0.25, 0.3) is 22.2 Å². The summed E-state index contributed by atoms with van der Waals surface area (Å²) in [5.41, 5.74) is 5.69. The number of hydrogen-bond donors (Lipinski definition) is 1. The Morgan fingerprint density at radius 2 is 1.66 bits per heavy atom. The van der Waals surface area contributed by atoms with Gasteiger partial charge in [0, 0.05) is 32.7 Å². The monoisotopic (exact) mass is 386 g/mol. The Hall–Kier alpha value is -3.31. The van der Waals surface area contributed by atoms with E-state index in [0.717, 1.165) is 43.4 Å². The average Bonchev–Trinajstić information content (AvgIpc) is 3.09. The fourth-order valence-electron chi connectivity index (χ4n) is 4.05. The van der Waals surface area contributed by atoms with Gasteiger partial charge in [0.1, 0.15) is 0 Å². The zero-order valence-corrected chi connectivity index (χ0v) is 16.1. The fourth-order valence-corrected chi connectivity index (χ4v) is 4.05. The second-order valence-corrected chi connectivity index (χ2v) is 7.43. The SMILES string of the molecule is [2H]n1c(=O)oc2c(N3CCN(Cc4cccc(-c5ccccc5)c4)CC3)cccc21. The smallest absolute Gasteiger partial charge is 0.406 e. The molecule has 0 unspecified atom stereocenters. The van der Waals surface area contributed by atoms with Gasteiger partial charge in [-0.25, -0.2) is 4.79 Å². The van der Waals surface area contributed by atoms with Gasteiger partial charge in [0.15, 0.2) is 6.99 Å². The highest BCUT2D eigenvalue weighted by molar-refractivity contribution is 5.86. The number of nitrogens with zero attached hydrogens (tertiary/aromatic N) is 2. The molecular weight excluding hydrogens is 362 g/mol. The van der Waals surface area contributed by atoms with E-state index in [1.54, 1.807) is 6.07 Å².